The Balaban J connectivity index is 1.71. The SMILES string of the molecule is Cc1ccc(C)c(NC(=O)[C@H]2CCCN2S(=O)(=O)c2ccc3c(c2)n(C)c(=O)c(=O)n3C)c1. The molecule has 0 aliphatic carbocycles. The van der Waals surface area contributed by atoms with E-state index in [-0.39, 0.29) is 17.3 Å². The third-order valence-corrected chi connectivity index (χ3v) is 8.13. The fraction of sp³-hybridized carbons (Fsp3) is 0.348. The molecule has 0 unspecified atom stereocenters. The lowest BCUT2D eigenvalue weighted by Crippen LogP contribution is -2.43. The highest BCUT2D eigenvalue weighted by atomic mass is 32.2. The van der Waals surface area contributed by atoms with Crippen molar-refractivity contribution in [3.05, 3.63) is 68.2 Å². The van der Waals surface area contributed by atoms with Crippen LogP contribution in [0.25, 0.3) is 11.0 Å². The third-order valence-electron chi connectivity index (χ3n) is 6.23. The van der Waals surface area contributed by atoms with E-state index in [2.05, 4.69) is 5.32 Å². The van der Waals surface area contributed by atoms with E-state index in [9.17, 15) is 22.8 Å². The Morgan fingerprint density at radius 1 is 0.970 bits per heavy atom. The summed E-state index contributed by atoms with van der Waals surface area (Å²) in [4.78, 5) is 37.3. The summed E-state index contributed by atoms with van der Waals surface area (Å²) in [7, 11) is -1.12. The minimum absolute atomic E-state index is 0.0323. The van der Waals surface area contributed by atoms with Crippen molar-refractivity contribution in [2.75, 3.05) is 11.9 Å². The predicted octanol–water partition coefficient (Wildman–Crippen LogP) is 1.65. The first kappa shape index (κ1) is 22.9. The van der Waals surface area contributed by atoms with Crippen LogP contribution in [0.4, 0.5) is 5.69 Å². The van der Waals surface area contributed by atoms with E-state index in [1.165, 1.54) is 41.2 Å². The summed E-state index contributed by atoms with van der Waals surface area (Å²) in [6.45, 7) is 4.02. The van der Waals surface area contributed by atoms with Crippen molar-refractivity contribution in [3.63, 3.8) is 0 Å². The summed E-state index contributed by atoms with van der Waals surface area (Å²) in [6, 6.07) is 9.15. The normalized spacial score (nSPS) is 16.9. The van der Waals surface area contributed by atoms with Gasteiger partial charge in [0.15, 0.2) is 0 Å². The molecule has 10 heteroatoms. The van der Waals surface area contributed by atoms with Crippen LogP contribution >= 0.6 is 0 Å². The second-order valence-corrected chi connectivity index (χ2v) is 10.4. The molecule has 0 saturated carbocycles. The summed E-state index contributed by atoms with van der Waals surface area (Å²) in [5.41, 5.74) is 1.86. The molecule has 1 aliphatic rings. The molecule has 174 valence electrons. The van der Waals surface area contributed by atoms with E-state index in [0.717, 1.165) is 15.7 Å². The first-order valence-electron chi connectivity index (χ1n) is 10.6. The average Bonchev–Trinajstić information content (AvgIpc) is 3.29. The van der Waals surface area contributed by atoms with Gasteiger partial charge in [-0.1, -0.05) is 12.1 Å². The molecule has 9 nitrogen and oxygen atoms in total. The maximum atomic E-state index is 13.5. The van der Waals surface area contributed by atoms with E-state index >= 15 is 0 Å². The smallest absolute Gasteiger partial charge is 0.316 e. The van der Waals surface area contributed by atoms with Crippen molar-refractivity contribution >= 4 is 32.7 Å². The monoisotopic (exact) mass is 470 g/mol. The Morgan fingerprint density at radius 3 is 2.33 bits per heavy atom. The van der Waals surface area contributed by atoms with Gasteiger partial charge in [-0.2, -0.15) is 4.31 Å². The number of sulfonamides is 1. The number of carbonyl (C=O) groups is 1. The minimum atomic E-state index is -4.02. The minimum Gasteiger partial charge on any atom is -0.324 e. The fourth-order valence-electron chi connectivity index (χ4n) is 4.23. The standard InChI is InChI=1S/C23H26N4O5S/c1-14-7-8-15(2)17(12-14)24-21(28)19-6-5-11-27(19)33(31,32)16-9-10-18-20(13-16)26(4)23(30)22(29)25(18)3/h7-10,12-13,19H,5-6,11H2,1-4H3,(H,24,28)/t19-/m1/s1. The van der Waals surface area contributed by atoms with Crippen LogP contribution in [0.15, 0.2) is 50.9 Å². The van der Waals surface area contributed by atoms with Gasteiger partial charge >= 0.3 is 11.1 Å². The molecule has 4 rings (SSSR count). The number of hydrogen-bond donors (Lipinski definition) is 1. The van der Waals surface area contributed by atoms with Crippen molar-refractivity contribution in [1.82, 2.24) is 13.4 Å². The lowest BCUT2D eigenvalue weighted by molar-refractivity contribution is -0.119. The largest absolute Gasteiger partial charge is 0.324 e. The highest BCUT2D eigenvalue weighted by Gasteiger charge is 2.39. The van der Waals surface area contributed by atoms with E-state index in [1.807, 2.05) is 32.0 Å². The van der Waals surface area contributed by atoms with E-state index in [4.69, 9.17) is 0 Å². The molecular formula is C23H26N4O5S. The van der Waals surface area contributed by atoms with Crippen LogP contribution in [0.1, 0.15) is 24.0 Å². The number of nitrogens with one attached hydrogen (secondary N) is 1. The molecule has 1 atom stereocenters. The highest BCUT2D eigenvalue weighted by molar-refractivity contribution is 7.89. The van der Waals surface area contributed by atoms with E-state index in [0.29, 0.717) is 29.6 Å². The van der Waals surface area contributed by atoms with Crippen LogP contribution in [0, 0.1) is 13.8 Å². The third kappa shape index (κ3) is 3.89. The van der Waals surface area contributed by atoms with Gasteiger partial charge in [-0.3, -0.25) is 14.4 Å². The number of rotatable bonds is 4. The molecule has 0 radical (unpaired) electrons. The molecule has 0 spiro atoms. The molecule has 1 amide bonds. The van der Waals surface area contributed by atoms with E-state index in [1.54, 1.807) is 0 Å². The Labute approximate surface area is 191 Å². The number of fused-ring (bicyclic) bond motifs is 1. The van der Waals surface area contributed by atoms with Crippen LogP contribution in [-0.4, -0.2) is 40.4 Å². The van der Waals surface area contributed by atoms with Gasteiger partial charge in [0.25, 0.3) is 0 Å². The van der Waals surface area contributed by atoms with Crippen LogP contribution in [0.5, 0.6) is 0 Å². The van der Waals surface area contributed by atoms with Crippen LogP contribution in [0.3, 0.4) is 0 Å². The summed E-state index contributed by atoms with van der Waals surface area (Å²) in [5, 5.41) is 2.88. The lowest BCUT2D eigenvalue weighted by atomic mass is 10.1. The zero-order chi connectivity index (χ0) is 24.1. The second-order valence-electron chi connectivity index (χ2n) is 8.46. The summed E-state index contributed by atoms with van der Waals surface area (Å²) >= 11 is 0. The zero-order valence-corrected chi connectivity index (χ0v) is 19.8. The van der Waals surface area contributed by atoms with Gasteiger partial charge in [-0.15, -0.1) is 0 Å². The van der Waals surface area contributed by atoms with Gasteiger partial charge in [-0.25, -0.2) is 8.42 Å². The van der Waals surface area contributed by atoms with Gasteiger partial charge in [0, 0.05) is 26.3 Å². The summed E-state index contributed by atoms with van der Waals surface area (Å²) in [5.74, 6) is -0.375. The number of nitrogens with zero attached hydrogens (tertiary/aromatic N) is 3. The first-order valence-corrected chi connectivity index (χ1v) is 12.1. The topological polar surface area (TPSA) is 110 Å². The van der Waals surface area contributed by atoms with Gasteiger partial charge in [0.1, 0.15) is 6.04 Å². The van der Waals surface area contributed by atoms with Crippen molar-refractivity contribution in [1.29, 1.82) is 0 Å². The van der Waals surface area contributed by atoms with Crippen molar-refractivity contribution < 1.29 is 13.2 Å². The van der Waals surface area contributed by atoms with Gasteiger partial charge in [-0.05, 0) is 62.1 Å². The molecular weight excluding hydrogens is 444 g/mol. The fourth-order valence-corrected chi connectivity index (χ4v) is 5.91. The zero-order valence-electron chi connectivity index (χ0n) is 19.0. The highest BCUT2D eigenvalue weighted by Crippen LogP contribution is 2.29. The lowest BCUT2D eigenvalue weighted by Gasteiger charge is -2.24. The Morgan fingerprint density at radius 2 is 1.64 bits per heavy atom. The van der Waals surface area contributed by atoms with E-state index < -0.39 is 27.2 Å². The molecule has 1 fully saturated rings. The van der Waals surface area contributed by atoms with Crippen LogP contribution < -0.4 is 16.4 Å². The average molecular weight is 471 g/mol. The molecule has 1 N–H and O–H groups in total. The first-order chi connectivity index (χ1) is 15.5. The van der Waals surface area contributed by atoms with Crippen molar-refractivity contribution in [3.8, 4) is 0 Å². The number of benzene rings is 2. The number of amides is 1. The second kappa shape index (κ2) is 8.27. The Kier molecular flexibility index (Phi) is 5.75. The summed E-state index contributed by atoms with van der Waals surface area (Å²) < 4.78 is 30.6. The molecule has 33 heavy (non-hydrogen) atoms. The van der Waals surface area contributed by atoms with Gasteiger partial charge < -0.3 is 14.5 Å². The maximum absolute atomic E-state index is 13.5. The number of anilines is 1. The van der Waals surface area contributed by atoms with Gasteiger partial charge in [0.05, 0.1) is 15.9 Å². The van der Waals surface area contributed by atoms with Crippen molar-refractivity contribution in [2.45, 2.75) is 37.6 Å². The Bertz CT molecular complexity index is 1500. The molecule has 2 heterocycles. The van der Waals surface area contributed by atoms with Crippen molar-refractivity contribution in [2.24, 2.45) is 14.1 Å². The van der Waals surface area contributed by atoms with Crippen LogP contribution in [-0.2, 0) is 28.9 Å². The molecule has 1 aliphatic heterocycles. The molecule has 1 saturated heterocycles. The molecule has 0 bridgehead atoms. The van der Waals surface area contributed by atoms with Crippen LogP contribution in [0.2, 0.25) is 0 Å². The number of hydrogen-bond acceptors (Lipinski definition) is 5. The number of aromatic nitrogens is 2. The molecule has 2 aromatic carbocycles. The maximum Gasteiger partial charge on any atom is 0.316 e. The summed E-state index contributed by atoms with van der Waals surface area (Å²) in [6.07, 6.45) is 0.973. The predicted molar refractivity (Wildman–Crippen MR) is 126 cm³/mol. The Hall–Kier alpha value is -3.24. The molecule has 1 aromatic heterocycles. The van der Waals surface area contributed by atoms with Gasteiger partial charge in [0.2, 0.25) is 15.9 Å². The number of aryl methyl sites for hydroxylation is 4. The number of carbonyl (C=O) groups excluding carboxylic acids is 1. The quantitative estimate of drug-likeness (QED) is 0.583. The molecule has 3 aromatic rings.